The zero-order chi connectivity index (χ0) is 14.7. The minimum absolute atomic E-state index is 0.392. The molecule has 1 saturated carbocycles. The van der Waals surface area contributed by atoms with Crippen LogP contribution in [0.2, 0.25) is 4.34 Å². The van der Waals surface area contributed by atoms with Crippen LogP contribution in [-0.4, -0.2) is 29.6 Å². The first-order chi connectivity index (χ1) is 10.2. The van der Waals surface area contributed by atoms with Crippen LogP contribution in [0.4, 0.5) is 0 Å². The van der Waals surface area contributed by atoms with Gasteiger partial charge in [0.05, 0.1) is 4.34 Å². The lowest BCUT2D eigenvalue weighted by molar-refractivity contribution is 0.0468. The number of hydrogen-bond donors (Lipinski definition) is 1. The highest BCUT2D eigenvalue weighted by Gasteiger charge is 2.39. The molecule has 1 saturated heterocycles. The maximum Gasteiger partial charge on any atom is 0.0931 e. The molecule has 0 amide bonds. The molecule has 1 aromatic heterocycles. The monoisotopic (exact) mass is 326 g/mol. The van der Waals surface area contributed by atoms with Crippen LogP contribution in [-0.2, 0) is 6.54 Å². The molecule has 1 atom stereocenters. The zero-order valence-corrected chi connectivity index (χ0v) is 14.6. The summed E-state index contributed by atoms with van der Waals surface area (Å²) in [5, 5.41) is 3.93. The minimum atomic E-state index is 0.392. The number of halogens is 1. The van der Waals surface area contributed by atoms with Crippen LogP contribution >= 0.6 is 22.9 Å². The van der Waals surface area contributed by atoms with Crippen LogP contribution < -0.4 is 5.32 Å². The summed E-state index contributed by atoms with van der Waals surface area (Å²) in [4.78, 5) is 4.14. The Labute approximate surface area is 137 Å². The van der Waals surface area contributed by atoms with Crippen molar-refractivity contribution >= 4 is 22.9 Å². The number of thiophene rings is 1. The van der Waals surface area contributed by atoms with Crippen LogP contribution in [0.1, 0.15) is 56.7 Å². The van der Waals surface area contributed by atoms with E-state index in [1.165, 1.54) is 56.4 Å². The van der Waals surface area contributed by atoms with Crippen molar-refractivity contribution in [2.45, 2.75) is 70.0 Å². The van der Waals surface area contributed by atoms with Gasteiger partial charge in [-0.15, -0.1) is 11.3 Å². The van der Waals surface area contributed by atoms with Gasteiger partial charge < -0.3 is 5.32 Å². The summed E-state index contributed by atoms with van der Waals surface area (Å²) in [7, 11) is 0. The fraction of sp³-hybridized carbons (Fsp3) is 0.765. The lowest BCUT2D eigenvalue weighted by Crippen LogP contribution is -2.64. The highest BCUT2D eigenvalue weighted by Crippen LogP contribution is 2.34. The number of nitrogens with one attached hydrogen (secondary N) is 1. The van der Waals surface area contributed by atoms with Crippen molar-refractivity contribution in [3.63, 3.8) is 0 Å². The topological polar surface area (TPSA) is 15.3 Å². The van der Waals surface area contributed by atoms with Gasteiger partial charge in [0.25, 0.3) is 0 Å². The average Bonchev–Trinajstić information content (AvgIpc) is 2.88. The molecule has 1 aromatic rings. The molecule has 1 spiro atoms. The molecule has 2 fully saturated rings. The standard InChI is InChI=1S/C17H27ClN2S/c1-2-6-14-11-19-17(9-4-3-5-10-17)13-20(14)12-15-7-8-16(18)21-15/h7-8,14,19H,2-6,9-13H2,1H3. The largest absolute Gasteiger partial charge is 0.308 e. The van der Waals surface area contributed by atoms with Crippen LogP contribution in [0.15, 0.2) is 12.1 Å². The van der Waals surface area contributed by atoms with E-state index >= 15 is 0 Å². The molecule has 1 aliphatic heterocycles. The van der Waals surface area contributed by atoms with Crippen molar-refractivity contribution in [3.8, 4) is 0 Å². The van der Waals surface area contributed by atoms with Crippen molar-refractivity contribution in [2.75, 3.05) is 13.1 Å². The van der Waals surface area contributed by atoms with E-state index in [9.17, 15) is 0 Å². The van der Waals surface area contributed by atoms with Gasteiger partial charge in [-0.25, -0.2) is 0 Å². The second-order valence-electron chi connectivity index (χ2n) is 6.78. The smallest absolute Gasteiger partial charge is 0.0931 e. The summed E-state index contributed by atoms with van der Waals surface area (Å²) >= 11 is 7.85. The van der Waals surface area contributed by atoms with E-state index in [4.69, 9.17) is 11.6 Å². The molecule has 0 radical (unpaired) electrons. The summed E-state index contributed by atoms with van der Waals surface area (Å²) in [6.07, 6.45) is 9.47. The van der Waals surface area contributed by atoms with Crippen molar-refractivity contribution in [1.82, 2.24) is 10.2 Å². The molecule has 4 heteroatoms. The molecule has 21 heavy (non-hydrogen) atoms. The Morgan fingerprint density at radius 3 is 2.81 bits per heavy atom. The third-order valence-electron chi connectivity index (χ3n) is 5.16. The van der Waals surface area contributed by atoms with Gasteiger partial charge in [0.15, 0.2) is 0 Å². The van der Waals surface area contributed by atoms with Gasteiger partial charge in [0.2, 0.25) is 0 Å². The summed E-state index contributed by atoms with van der Waals surface area (Å²) in [5.74, 6) is 0. The van der Waals surface area contributed by atoms with Gasteiger partial charge in [-0.1, -0.05) is 44.2 Å². The molecular weight excluding hydrogens is 300 g/mol. The fourth-order valence-corrected chi connectivity index (χ4v) is 5.15. The number of rotatable bonds is 4. The summed E-state index contributed by atoms with van der Waals surface area (Å²) in [6, 6.07) is 4.92. The van der Waals surface area contributed by atoms with E-state index in [0.29, 0.717) is 11.6 Å². The normalized spacial score (nSPS) is 26.3. The van der Waals surface area contributed by atoms with E-state index in [2.05, 4.69) is 23.2 Å². The van der Waals surface area contributed by atoms with Gasteiger partial charge >= 0.3 is 0 Å². The fourth-order valence-electron chi connectivity index (χ4n) is 4.04. The molecule has 1 aliphatic carbocycles. The van der Waals surface area contributed by atoms with Crippen LogP contribution in [0.5, 0.6) is 0 Å². The van der Waals surface area contributed by atoms with Crippen LogP contribution in [0, 0.1) is 0 Å². The van der Waals surface area contributed by atoms with E-state index < -0.39 is 0 Å². The van der Waals surface area contributed by atoms with Crippen molar-refractivity contribution in [3.05, 3.63) is 21.3 Å². The molecule has 1 unspecified atom stereocenters. The predicted octanol–water partition coefficient (Wildman–Crippen LogP) is 4.68. The van der Waals surface area contributed by atoms with Gasteiger partial charge in [0.1, 0.15) is 0 Å². The van der Waals surface area contributed by atoms with E-state index in [-0.39, 0.29) is 0 Å². The zero-order valence-electron chi connectivity index (χ0n) is 13.0. The molecule has 1 N–H and O–H groups in total. The Bertz CT molecular complexity index is 453. The van der Waals surface area contributed by atoms with Gasteiger partial charge in [-0.3, -0.25) is 4.90 Å². The highest BCUT2D eigenvalue weighted by atomic mass is 35.5. The minimum Gasteiger partial charge on any atom is -0.308 e. The van der Waals surface area contributed by atoms with Crippen LogP contribution in [0.25, 0.3) is 0 Å². The van der Waals surface area contributed by atoms with E-state index in [0.717, 1.165) is 17.4 Å². The van der Waals surface area contributed by atoms with Crippen molar-refractivity contribution < 1.29 is 0 Å². The number of nitrogens with zero attached hydrogens (tertiary/aromatic N) is 1. The molecular formula is C17H27ClN2S. The van der Waals surface area contributed by atoms with E-state index in [1.807, 2.05) is 6.07 Å². The maximum absolute atomic E-state index is 6.11. The number of piperazine rings is 1. The first-order valence-corrected chi connectivity index (χ1v) is 9.63. The quantitative estimate of drug-likeness (QED) is 0.864. The Hall–Kier alpha value is -0.0900. The second kappa shape index (κ2) is 6.99. The molecule has 3 rings (SSSR count). The SMILES string of the molecule is CCCC1CNC2(CCCCC2)CN1Cc1ccc(Cl)s1. The summed E-state index contributed by atoms with van der Waals surface area (Å²) < 4.78 is 0.916. The highest BCUT2D eigenvalue weighted by molar-refractivity contribution is 7.16. The van der Waals surface area contributed by atoms with Crippen molar-refractivity contribution in [2.24, 2.45) is 0 Å². The molecule has 2 nitrogen and oxygen atoms in total. The molecule has 0 bridgehead atoms. The van der Waals surface area contributed by atoms with Gasteiger partial charge in [-0.2, -0.15) is 0 Å². The van der Waals surface area contributed by atoms with Crippen molar-refractivity contribution in [1.29, 1.82) is 0 Å². The molecule has 2 heterocycles. The Morgan fingerprint density at radius 2 is 2.14 bits per heavy atom. The summed E-state index contributed by atoms with van der Waals surface area (Å²) in [5.41, 5.74) is 0.392. The summed E-state index contributed by atoms with van der Waals surface area (Å²) in [6.45, 7) is 5.75. The average molecular weight is 327 g/mol. The van der Waals surface area contributed by atoms with Crippen LogP contribution in [0.3, 0.4) is 0 Å². The number of hydrogen-bond acceptors (Lipinski definition) is 3. The van der Waals surface area contributed by atoms with Gasteiger partial charge in [-0.05, 0) is 31.4 Å². The first-order valence-electron chi connectivity index (χ1n) is 8.44. The van der Waals surface area contributed by atoms with E-state index in [1.54, 1.807) is 11.3 Å². The van der Waals surface area contributed by atoms with Gasteiger partial charge in [0, 0.05) is 36.1 Å². The third-order valence-corrected chi connectivity index (χ3v) is 6.37. The first kappa shape index (κ1) is 15.8. The maximum atomic E-state index is 6.11. The second-order valence-corrected chi connectivity index (χ2v) is 8.57. The Kier molecular flexibility index (Phi) is 5.26. The Morgan fingerprint density at radius 1 is 1.33 bits per heavy atom. The predicted molar refractivity (Wildman–Crippen MR) is 92.3 cm³/mol. The Balaban J connectivity index is 1.71. The molecule has 2 aliphatic rings. The molecule has 118 valence electrons. The lowest BCUT2D eigenvalue weighted by Gasteiger charge is -2.49. The molecule has 0 aromatic carbocycles. The third kappa shape index (κ3) is 3.82. The lowest BCUT2D eigenvalue weighted by atomic mass is 9.79.